The van der Waals surface area contributed by atoms with Crippen LogP contribution >= 0.6 is 0 Å². The fourth-order valence-electron chi connectivity index (χ4n) is 10.1. The maximum absolute atomic E-state index is 13.2. The monoisotopic (exact) mass is 554 g/mol. The fraction of sp³-hybridized carbons (Fsp3) is 0.812. The van der Waals surface area contributed by atoms with Crippen LogP contribution < -0.4 is 10.6 Å². The lowest BCUT2D eigenvalue weighted by Crippen LogP contribution is -2.63. The van der Waals surface area contributed by atoms with E-state index < -0.39 is 23.1 Å². The van der Waals surface area contributed by atoms with Gasteiger partial charge in [0.15, 0.2) is 11.2 Å². The zero-order chi connectivity index (χ0) is 28.5. The Kier molecular flexibility index (Phi) is 6.66. The summed E-state index contributed by atoms with van der Waals surface area (Å²) in [6, 6.07) is 0. The molecule has 8 aliphatic rings. The van der Waals surface area contributed by atoms with Gasteiger partial charge in [-0.1, -0.05) is 0 Å². The van der Waals surface area contributed by atoms with Gasteiger partial charge in [0, 0.05) is 23.2 Å². The molecular formula is C32H46N2O6. The number of hydrogen-bond donors (Lipinski definition) is 2. The van der Waals surface area contributed by atoms with Crippen molar-refractivity contribution in [3.05, 3.63) is 12.2 Å². The van der Waals surface area contributed by atoms with Gasteiger partial charge in [0.05, 0.1) is 0 Å². The zero-order valence-corrected chi connectivity index (χ0v) is 24.6. The van der Waals surface area contributed by atoms with Crippen molar-refractivity contribution in [3.63, 3.8) is 0 Å². The molecule has 8 fully saturated rings. The van der Waals surface area contributed by atoms with Gasteiger partial charge in [0.1, 0.15) is 0 Å². The third-order valence-electron chi connectivity index (χ3n) is 11.0. The average molecular weight is 555 g/mol. The summed E-state index contributed by atoms with van der Waals surface area (Å²) in [5.74, 6) is 1.89. The molecule has 0 spiro atoms. The first-order chi connectivity index (χ1) is 18.7. The van der Waals surface area contributed by atoms with Gasteiger partial charge in [-0.15, -0.1) is 0 Å². The second-order valence-electron chi connectivity index (χ2n) is 15.5. The van der Waals surface area contributed by atoms with Crippen LogP contribution in [0, 0.1) is 35.5 Å². The van der Waals surface area contributed by atoms with Crippen molar-refractivity contribution in [2.24, 2.45) is 35.5 Å². The lowest BCUT2D eigenvalue weighted by Gasteiger charge is -2.57. The van der Waals surface area contributed by atoms with Crippen molar-refractivity contribution in [3.8, 4) is 0 Å². The SMILES string of the molecule is CC(C)(OC(=O)/C=C\C(=O)OC(C)(C)C(=O)NC12CC3CC(CC(C3)C1)C2)C(=O)NC12CC3CC(CC(C3)C1)C2. The van der Waals surface area contributed by atoms with Gasteiger partial charge >= 0.3 is 11.9 Å². The predicted octanol–water partition coefficient (Wildman–Crippen LogP) is 4.36. The molecule has 8 rings (SSSR count). The van der Waals surface area contributed by atoms with Gasteiger partial charge in [0.2, 0.25) is 0 Å². The van der Waals surface area contributed by atoms with E-state index >= 15 is 0 Å². The van der Waals surface area contributed by atoms with Crippen molar-refractivity contribution in [1.82, 2.24) is 10.6 Å². The smallest absolute Gasteiger partial charge is 0.332 e. The molecule has 0 aliphatic heterocycles. The molecule has 0 aromatic heterocycles. The molecule has 0 aromatic rings. The molecule has 0 radical (unpaired) electrons. The first-order valence-corrected chi connectivity index (χ1v) is 15.5. The molecule has 0 unspecified atom stereocenters. The van der Waals surface area contributed by atoms with E-state index in [1.165, 1.54) is 38.5 Å². The van der Waals surface area contributed by atoms with Crippen molar-refractivity contribution < 1.29 is 28.7 Å². The van der Waals surface area contributed by atoms with E-state index in [0.29, 0.717) is 35.5 Å². The first kappa shape index (κ1) is 27.8. The molecule has 2 amide bonds. The molecule has 2 N–H and O–H groups in total. The number of esters is 2. The Bertz CT molecular complexity index is 964. The van der Waals surface area contributed by atoms with Crippen molar-refractivity contribution in [2.45, 2.75) is 127 Å². The van der Waals surface area contributed by atoms with Crippen LogP contribution in [0.5, 0.6) is 0 Å². The molecule has 8 heteroatoms. The maximum atomic E-state index is 13.2. The van der Waals surface area contributed by atoms with Gasteiger partial charge < -0.3 is 20.1 Å². The minimum atomic E-state index is -1.38. The van der Waals surface area contributed by atoms with Crippen LogP contribution in [0.2, 0.25) is 0 Å². The number of ether oxygens (including phenoxy) is 2. The van der Waals surface area contributed by atoms with Gasteiger partial charge in [-0.2, -0.15) is 0 Å². The highest BCUT2D eigenvalue weighted by atomic mass is 16.6. The Labute approximate surface area is 237 Å². The van der Waals surface area contributed by atoms with Gasteiger partial charge in [0.25, 0.3) is 11.8 Å². The Morgan fingerprint density at radius 2 is 0.800 bits per heavy atom. The molecule has 8 bridgehead atoms. The molecule has 8 nitrogen and oxygen atoms in total. The van der Waals surface area contributed by atoms with Crippen LogP contribution in [0.1, 0.15) is 105 Å². The van der Waals surface area contributed by atoms with E-state index in [1.54, 1.807) is 27.7 Å². The third kappa shape index (κ3) is 5.44. The molecule has 8 saturated carbocycles. The van der Waals surface area contributed by atoms with E-state index in [4.69, 9.17) is 9.47 Å². The Morgan fingerprint density at radius 3 is 1.05 bits per heavy atom. The van der Waals surface area contributed by atoms with Crippen molar-refractivity contribution in [1.29, 1.82) is 0 Å². The van der Waals surface area contributed by atoms with Crippen molar-refractivity contribution >= 4 is 23.8 Å². The second kappa shape index (κ2) is 9.59. The van der Waals surface area contributed by atoms with Gasteiger partial charge in [-0.25, -0.2) is 9.59 Å². The predicted molar refractivity (Wildman–Crippen MR) is 148 cm³/mol. The summed E-state index contributed by atoms with van der Waals surface area (Å²) in [7, 11) is 0. The number of amides is 2. The summed E-state index contributed by atoms with van der Waals surface area (Å²) in [5.41, 5.74) is -3.13. The summed E-state index contributed by atoms with van der Waals surface area (Å²) in [6.45, 7) is 6.30. The highest BCUT2D eigenvalue weighted by Crippen LogP contribution is 2.56. The van der Waals surface area contributed by atoms with Crippen LogP contribution in [0.4, 0.5) is 0 Å². The first-order valence-electron chi connectivity index (χ1n) is 15.5. The van der Waals surface area contributed by atoms with Crippen LogP contribution in [0.3, 0.4) is 0 Å². The van der Waals surface area contributed by atoms with Crippen LogP contribution in [0.25, 0.3) is 0 Å². The number of rotatable bonds is 8. The minimum absolute atomic E-state index is 0.183. The Hall–Kier alpha value is -2.38. The number of carbonyl (C=O) groups is 4. The summed E-state index contributed by atoms with van der Waals surface area (Å²) < 4.78 is 11.0. The number of carbonyl (C=O) groups excluding carboxylic acids is 4. The summed E-state index contributed by atoms with van der Waals surface area (Å²) >= 11 is 0. The largest absolute Gasteiger partial charge is 0.446 e. The molecule has 220 valence electrons. The van der Waals surface area contributed by atoms with Crippen LogP contribution in [-0.4, -0.2) is 46.0 Å². The number of nitrogens with one attached hydrogen (secondary N) is 2. The molecule has 40 heavy (non-hydrogen) atoms. The zero-order valence-electron chi connectivity index (χ0n) is 24.6. The van der Waals surface area contributed by atoms with E-state index in [0.717, 1.165) is 50.7 Å². The minimum Gasteiger partial charge on any atom is -0.446 e. The standard InChI is InChI=1S/C32H46N2O6/c1-29(2,27(37)33-31-13-19-7-20(14-31)9-21(8-19)15-31)39-25(35)5-6-26(36)40-30(3,4)28(38)34-32-16-22-10-23(17-32)12-24(11-22)18-32/h5-6,19-24H,7-18H2,1-4H3,(H,33,37)(H,34,38)/b6-5-. The van der Waals surface area contributed by atoms with E-state index in [2.05, 4.69) is 10.6 Å². The average Bonchev–Trinajstić information content (AvgIpc) is 2.80. The number of hydrogen-bond acceptors (Lipinski definition) is 6. The normalized spacial score (nSPS) is 39.3. The summed E-state index contributed by atoms with van der Waals surface area (Å²) in [4.78, 5) is 51.5. The van der Waals surface area contributed by atoms with Crippen LogP contribution in [0.15, 0.2) is 12.2 Å². The molecule has 0 saturated heterocycles. The van der Waals surface area contributed by atoms with Crippen molar-refractivity contribution in [2.75, 3.05) is 0 Å². The molecule has 0 heterocycles. The third-order valence-corrected chi connectivity index (χ3v) is 11.0. The Balaban J connectivity index is 0.996. The highest BCUT2D eigenvalue weighted by Gasteiger charge is 2.54. The molecule has 0 aromatic carbocycles. The second-order valence-corrected chi connectivity index (χ2v) is 15.5. The Morgan fingerprint density at radius 1 is 0.550 bits per heavy atom. The van der Waals surface area contributed by atoms with Gasteiger partial charge in [-0.3, -0.25) is 9.59 Å². The van der Waals surface area contributed by atoms with E-state index in [1.807, 2.05) is 0 Å². The van der Waals surface area contributed by atoms with Crippen LogP contribution in [-0.2, 0) is 28.7 Å². The lowest BCUT2D eigenvalue weighted by molar-refractivity contribution is -0.164. The molecule has 8 aliphatic carbocycles. The maximum Gasteiger partial charge on any atom is 0.332 e. The summed E-state index contributed by atoms with van der Waals surface area (Å²) in [6.07, 6.45) is 15.6. The highest BCUT2D eigenvalue weighted by molar-refractivity contribution is 5.96. The van der Waals surface area contributed by atoms with Gasteiger partial charge in [-0.05, 0) is 140 Å². The fourth-order valence-corrected chi connectivity index (χ4v) is 10.1. The topological polar surface area (TPSA) is 111 Å². The molecule has 0 atom stereocenters. The van der Waals surface area contributed by atoms with E-state index in [9.17, 15) is 19.2 Å². The summed E-state index contributed by atoms with van der Waals surface area (Å²) in [5, 5.41) is 6.51. The quantitative estimate of drug-likeness (QED) is 0.341. The van der Waals surface area contributed by atoms with E-state index in [-0.39, 0.29) is 22.9 Å². The lowest BCUT2D eigenvalue weighted by atomic mass is 9.53. The molecular weight excluding hydrogens is 508 g/mol.